The van der Waals surface area contributed by atoms with Gasteiger partial charge in [0.05, 0.1) is 25.3 Å². The van der Waals surface area contributed by atoms with E-state index in [1.165, 1.54) is 4.90 Å². The molecular weight excluding hydrogens is 432 g/mol. The van der Waals surface area contributed by atoms with Crippen LogP contribution in [-0.4, -0.2) is 37.4 Å². The van der Waals surface area contributed by atoms with Gasteiger partial charge in [0.1, 0.15) is 5.75 Å². The first-order valence-electron chi connectivity index (χ1n) is 9.26. The van der Waals surface area contributed by atoms with Gasteiger partial charge in [-0.2, -0.15) is 0 Å². The number of para-hydroxylation sites is 1. The highest BCUT2D eigenvalue weighted by Crippen LogP contribution is 2.26. The average Bonchev–Trinajstić information content (AvgIpc) is 2.73. The Bertz CT molecular complexity index is 1050. The summed E-state index contributed by atoms with van der Waals surface area (Å²) in [5.41, 5.74) is 1.59. The molecule has 3 aromatic carbocycles. The fourth-order valence-corrected chi connectivity index (χ4v) is 3.54. The fourth-order valence-electron chi connectivity index (χ4n) is 3.16. The van der Waals surface area contributed by atoms with Crippen LogP contribution in [0.15, 0.2) is 65.1 Å². The van der Waals surface area contributed by atoms with E-state index in [9.17, 15) is 9.59 Å². The van der Waals surface area contributed by atoms with Crippen LogP contribution >= 0.6 is 15.9 Å². The largest absolute Gasteiger partial charge is 0.497 e. The van der Waals surface area contributed by atoms with Crippen LogP contribution in [0.2, 0.25) is 0 Å². The number of likely N-dealkylation sites (N-methyl/N-ethyl adjacent to an activating group) is 1. The second-order valence-electron chi connectivity index (χ2n) is 6.92. The number of hydrogen-bond donors (Lipinski definition) is 1. The number of nitrogens with zero attached hydrogens (tertiary/aromatic N) is 1. The van der Waals surface area contributed by atoms with Crippen LogP contribution in [0, 0.1) is 0 Å². The summed E-state index contributed by atoms with van der Waals surface area (Å²) in [6.07, 6.45) is 0. The number of carbonyl (C=O) groups excluding carboxylic acids is 2. The summed E-state index contributed by atoms with van der Waals surface area (Å²) in [4.78, 5) is 26.6. The van der Waals surface area contributed by atoms with Gasteiger partial charge in [0.15, 0.2) is 0 Å². The second kappa shape index (κ2) is 9.09. The first kappa shape index (κ1) is 20.9. The van der Waals surface area contributed by atoms with Crippen molar-refractivity contribution in [2.75, 3.05) is 26.0 Å². The van der Waals surface area contributed by atoms with E-state index < -0.39 is 0 Å². The molecule has 6 heteroatoms. The van der Waals surface area contributed by atoms with E-state index in [0.29, 0.717) is 5.69 Å². The van der Waals surface area contributed by atoms with Gasteiger partial charge in [0.25, 0.3) is 0 Å². The van der Waals surface area contributed by atoms with Crippen molar-refractivity contribution >= 4 is 44.2 Å². The molecule has 0 bridgehead atoms. The van der Waals surface area contributed by atoms with Crippen LogP contribution in [0.25, 0.3) is 10.8 Å². The van der Waals surface area contributed by atoms with Crippen LogP contribution in [-0.2, 0) is 9.59 Å². The minimum absolute atomic E-state index is 0.0186. The molecule has 0 aliphatic carbocycles. The minimum Gasteiger partial charge on any atom is -0.497 e. The maximum absolute atomic E-state index is 12.9. The predicted octanol–water partition coefficient (Wildman–Crippen LogP) is 4.81. The van der Waals surface area contributed by atoms with E-state index in [4.69, 9.17) is 4.74 Å². The highest BCUT2D eigenvalue weighted by Gasteiger charge is 2.21. The summed E-state index contributed by atoms with van der Waals surface area (Å²) in [6, 6.07) is 19.1. The topological polar surface area (TPSA) is 58.6 Å². The van der Waals surface area contributed by atoms with E-state index in [1.807, 2.05) is 61.5 Å². The van der Waals surface area contributed by atoms with Crippen LogP contribution in [0.1, 0.15) is 18.4 Å². The molecule has 1 atom stereocenters. The quantitative estimate of drug-likeness (QED) is 0.581. The Morgan fingerprint density at radius 2 is 1.76 bits per heavy atom. The summed E-state index contributed by atoms with van der Waals surface area (Å²) >= 11 is 3.40. The predicted molar refractivity (Wildman–Crippen MR) is 119 cm³/mol. The summed E-state index contributed by atoms with van der Waals surface area (Å²) < 4.78 is 6.05. The average molecular weight is 455 g/mol. The lowest BCUT2D eigenvalue weighted by molar-refractivity contribution is -0.134. The Morgan fingerprint density at radius 3 is 2.48 bits per heavy atom. The second-order valence-corrected chi connectivity index (χ2v) is 7.77. The van der Waals surface area contributed by atoms with Gasteiger partial charge in [-0.15, -0.1) is 0 Å². The molecule has 0 aliphatic rings. The number of carbonyl (C=O) groups is 2. The molecule has 2 amide bonds. The SMILES string of the molecule is COc1ccc2cc(C(C)C(=O)N(C)CC(=O)Nc3ccccc3Br)ccc2c1. The van der Waals surface area contributed by atoms with Gasteiger partial charge in [-0.3, -0.25) is 9.59 Å². The molecule has 5 nitrogen and oxygen atoms in total. The van der Waals surface area contributed by atoms with Gasteiger partial charge in [0.2, 0.25) is 11.8 Å². The Kier molecular flexibility index (Phi) is 6.54. The van der Waals surface area contributed by atoms with E-state index in [1.54, 1.807) is 20.2 Å². The minimum atomic E-state index is -0.359. The fraction of sp³-hybridized carbons (Fsp3) is 0.217. The van der Waals surface area contributed by atoms with Crippen molar-refractivity contribution in [2.24, 2.45) is 0 Å². The summed E-state index contributed by atoms with van der Waals surface area (Å²) in [7, 11) is 3.28. The summed E-state index contributed by atoms with van der Waals surface area (Å²) in [6.45, 7) is 1.84. The Balaban J connectivity index is 1.68. The zero-order valence-electron chi connectivity index (χ0n) is 16.6. The third-order valence-corrected chi connectivity index (χ3v) is 5.54. The monoisotopic (exact) mass is 454 g/mol. The van der Waals surface area contributed by atoms with Crippen molar-refractivity contribution in [2.45, 2.75) is 12.8 Å². The first-order valence-corrected chi connectivity index (χ1v) is 10.1. The number of anilines is 1. The van der Waals surface area contributed by atoms with Crippen molar-refractivity contribution in [3.05, 3.63) is 70.7 Å². The molecule has 3 aromatic rings. The van der Waals surface area contributed by atoms with Gasteiger partial charge in [0, 0.05) is 11.5 Å². The van der Waals surface area contributed by atoms with Crippen molar-refractivity contribution in [1.82, 2.24) is 4.90 Å². The standard InChI is InChI=1S/C23H23BrN2O3/c1-15(16-8-9-18-13-19(29-3)11-10-17(18)12-16)23(28)26(2)14-22(27)25-21-7-5-4-6-20(21)24/h4-13,15H,14H2,1-3H3,(H,25,27). The van der Waals surface area contributed by atoms with E-state index in [-0.39, 0.29) is 24.3 Å². The van der Waals surface area contributed by atoms with Crippen LogP contribution in [0.5, 0.6) is 5.75 Å². The molecule has 0 aliphatic heterocycles. The lowest BCUT2D eigenvalue weighted by Gasteiger charge is -2.21. The number of rotatable bonds is 6. The van der Waals surface area contributed by atoms with E-state index in [0.717, 1.165) is 26.6 Å². The molecule has 0 saturated heterocycles. The Morgan fingerprint density at radius 1 is 1.07 bits per heavy atom. The Labute approximate surface area is 178 Å². The van der Waals surface area contributed by atoms with Gasteiger partial charge in [-0.1, -0.05) is 36.4 Å². The molecule has 3 rings (SSSR count). The van der Waals surface area contributed by atoms with Gasteiger partial charge >= 0.3 is 0 Å². The molecule has 0 heterocycles. The molecule has 0 radical (unpaired) electrons. The van der Waals surface area contributed by atoms with E-state index in [2.05, 4.69) is 21.2 Å². The van der Waals surface area contributed by atoms with Crippen LogP contribution in [0.3, 0.4) is 0 Å². The molecule has 1 unspecified atom stereocenters. The van der Waals surface area contributed by atoms with Crippen LogP contribution < -0.4 is 10.1 Å². The third-order valence-electron chi connectivity index (χ3n) is 4.85. The Hall–Kier alpha value is -2.86. The normalized spacial score (nSPS) is 11.7. The number of amides is 2. The van der Waals surface area contributed by atoms with E-state index >= 15 is 0 Å². The van der Waals surface area contributed by atoms with Gasteiger partial charge in [-0.05, 0) is 63.5 Å². The molecule has 1 N–H and O–H groups in total. The third kappa shape index (κ3) is 4.95. The highest BCUT2D eigenvalue weighted by atomic mass is 79.9. The van der Waals surface area contributed by atoms with Crippen molar-refractivity contribution < 1.29 is 14.3 Å². The number of fused-ring (bicyclic) bond motifs is 1. The van der Waals surface area contributed by atoms with Crippen molar-refractivity contribution in [3.8, 4) is 5.75 Å². The number of benzene rings is 3. The van der Waals surface area contributed by atoms with Crippen LogP contribution in [0.4, 0.5) is 5.69 Å². The van der Waals surface area contributed by atoms with Gasteiger partial charge in [-0.25, -0.2) is 0 Å². The van der Waals surface area contributed by atoms with Crippen molar-refractivity contribution in [3.63, 3.8) is 0 Å². The summed E-state index contributed by atoms with van der Waals surface area (Å²) in [5.74, 6) is 0.0821. The number of hydrogen-bond acceptors (Lipinski definition) is 3. The molecule has 29 heavy (non-hydrogen) atoms. The highest BCUT2D eigenvalue weighted by molar-refractivity contribution is 9.10. The molecular formula is C23H23BrN2O3. The smallest absolute Gasteiger partial charge is 0.244 e. The number of nitrogens with one attached hydrogen (secondary N) is 1. The molecule has 0 aromatic heterocycles. The zero-order chi connectivity index (χ0) is 21.0. The molecule has 0 spiro atoms. The maximum Gasteiger partial charge on any atom is 0.244 e. The number of ether oxygens (including phenoxy) is 1. The number of methoxy groups -OCH3 is 1. The molecule has 0 fully saturated rings. The van der Waals surface area contributed by atoms with Crippen molar-refractivity contribution in [1.29, 1.82) is 0 Å². The van der Waals surface area contributed by atoms with Gasteiger partial charge < -0.3 is 15.0 Å². The zero-order valence-corrected chi connectivity index (χ0v) is 18.2. The number of halogens is 1. The molecule has 0 saturated carbocycles. The lowest BCUT2D eigenvalue weighted by atomic mass is 9.96. The maximum atomic E-state index is 12.9. The summed E-state index contributed by atoms with van der Waals surface area (Å²) in [5, 5.41) is 4.91. The molecule has 150 valence electrons. The first-order chi connectivity index (χ1) is 13.9. The lowest BCUT2D eigenvalue weighted by Crippen LogP contribution is -2.37.